The molecule has 7 heteroatoms. The molecule has 0 spiro atoms. The lowest BCUT2D eigenvalue weighted by Crippen LogP contribution is -2.40. The Morgan fingerprint density at radius 3 is 2.43 bits per heavy atom. The van der Waals surface area contributed by atoms with Crippen molar-refractivity contribution in [1.82, 2.24) is 0 Å². The van der Waals surface area contributed by atoms with Crippen LogP contribution in [0.25, 0.3) is 0 Å². The first-order valence-corrected chi connectivity index (χ1v) is 10.4. The van der Waals surface area contributed by atoms with Crippen LogP contribution in [-0.2, 0) is 9.59 Å². The maximum atomic E-state index is 13.2. The number of benzene rings is 2. The summed E-state index contributed by atoms with van der Waals surface area (Å²) in [6, 6.07) is 10.3. The second kappa shape index (κ2) is 7.72. The van der Waals surface area contributed by atoms with Gasteiger partial charge in [0.25, 0.3) is 0 Å². The summed E-state index contributed by atoms with van der Waals surface area (Å²) < 4.78 is 0. The lowest BCUT2D eigenvalue weighted by Gasteiger charge is -2.38. The number of nitrogens with zero attached hydrogens (tertiary/aromatic N) is 1. The van der Waals surface area contributed by atoms with E-state index in [1.807, 2.05) is 6.07 Å². The van der Waals surface area contributed by atoms with Gasteiger partial charge in [0, 0.05) is 30.0 Å². The van der Waals surface area contributed by atoms with Gasteiger partial charge in [0.2, 0.25) is 5.91 Å². The highest BCUT2D eigenvalue weighted by Gasteiger charge is 2.40. The molecular formula is C21H15Cl4NO2. The lowest BCUT2D eigenvalue weighted by molar-refractivity contribution is -0.119. The minimum absolute atomic E-state index is 0.0415. The predicted octanol–water partition coefficient (Wildman–Crippen LogP) is 6.83. The molecule has 1 heterocycles. The molecule has 0 bridgehead atoms. The highest BCUT2D eigenvalue weighted by Crippen LogP contribution is 2.46. The molecule has 1 amide bonds. The van der Waals surface area contributed by atoms with Crippen LogP contribution in [0.4, 0.5) is 5.69 Å². The van der Waals surface area contributed by atoms with Gasteiger partial charge in [0.1, 0.15) is 0 Å². The molecule has 1 atom stereocenters. The van der Waals surface area contributed by atoms with Gasteiger partial charge in [-0.15, -0.1) is 0 Å². The van der Waals surface area contributed by atoms with E-state index >= 15 is 0 Å². The lowest BCUT2D eigenvalue weighted by atomic mass is 9.77. The second-order valence-electron chi connectivity index (χ2n) is 6.86. The Morgan fingerprint density at radius 2 is 1.68 bits per heavy atom. The van der Waals surface area contributed by atoms with Crippen molar-refractivity contribution in [1.29, 1.82) is 0 Å². The fourth-order valence-electron chi connectivity index (χ4n) is 3.97. The first-order valence-electron chi connectivity index (χ1n) is 8.86. The van der Waals surface area contributed by atoms with Crippen molar-refractivity contribution in [3.63, 3.8) is 0 Å². The zero-order valence-electron chi connectivity index (χ0n) is 14.6. The highest BCUT2D eigenvalue weighted by atomic mass is 35.5. The molecule has 0 aromatic heterocycles. The number of hydrogen-bond donors (Lipinski definition) is 0. The standard InChI is InChI=1S/C21H15Cl4NO2/c22-14-8-7-11(9-16(14)24)26-17-5-2-6-18(27)20(17)13(10-19(26)28)12-3-1-4-15(23)21(12)25/h1,3-4,7-9,13H,2,5-6,10H2. The van der Waals surface area contributed by atoms with E-state index in [2.05, 4.69) is 0 Å². The highest BCUT2D eigenvalue weighted by molar-refractivity contribution is 6.43. The largest absolute Gasteiger partial charge is 0.294 e. The average molecular weight is 455 g/mol. The Bertz CT molecular complexity index is 1030. The maximum absolute atomic E-state index is 13.2. The second-order valence-corrected chi connectivity index (χ2v) is 8.46. The average Bonchev–Trinajstić information content (AvgIpc) is 2.66. The third-order valence-electron chi connectivity index (χ3n) is 5.19. The van der Waals surface area contributed by atoms with Gasteiger partial charge in [-0.1, -0.05) is 58.5 Å². The number of anilines is 1. The molecule has 2 aliphatic rings. The van der Waals surface area contributed by atoms with E-state index in [0.29, 0.717) is 61.9 Å². The van der Waals surface area contributed by atoms with E-state index in [4.69, 9.17) is 46.4 Å². The summed E-state index contributed by atoms with van der Waals surface area (Å²) in [5.74, 6) is -0.478. The van der Waals surface area contributed by atoms with Crippen molar-refractivity contribution in [2.45, 2.75) is 31.6 Å². The fourth-order valence-corrected chi connectivity index (χ4v) is 4.70. The molecule has 4 rings (SSSR count). The zero-order valence-corrected chi connectivity index (χ0v) is 17.7. The number of Topliss-reactive ketones (excluding diaryl/α,β-unsaturated/α-hetero) is 1. The topological polar surface area (TPSA) is 37.4 Å². The van der Waals surface area contributed by atoms with Crippen LogP contribution in [0, 0.1) is 0 Å². The molecule has 28 heavy (non-hydrogen) atoms. The van der Waals surface area contributed by atoms with Gasteiger partial charge in [-0.2, -0.15) is 0 Å². The van der Waals surface area contributed by atoms with E-state index in [1.54, 1.807) is 35.2 Å². The summed E-state index contributed by atoms with van der Waals surface area (Å²) in [7, 11) is 0. The minimum Gasteiger partial charge on any atom is -0.294 e. The van der Waals surface area contributed by atoms with Gasteiger partial charge in [-0.3, -0.25) is 14.5 Å². The van der Waals surface area contributed by atoms with Crippen LogP contribution in [0.1, 0.15) is 37.2 Å². The van der Waals surface area contributed by atoms with Crippen molar-refractivity contribution in [3.8, 4) is 0 Å². The molecule has 1 unspecified atom stereocenters. The summed E-state index contributed by atoms with van der Waals surface area (Å²) >= 11 is 24.8. The normalized spacial score (nSPS) is 19.9. The van der Waals surface area contributed by atoms with Gasteiger partial charge >= 0.3 is 0 Å². The molecule has 2 aromatic rings. The van der Waals surface area contributed by atoms with Crippen molar-refractivity contribution in [2.75, 3.05) is 4.90 Å². The fraction of sp³-hybridized carbons (Fsp3) is 0.238. The number of ketones is 1. The molecule has 0 radical (unpaired) electrons. The van der Waals surface area contributed by atoms with Gasteiger partial charge in [-0.05, 0) is 42.7 Å². The number of allylic oxidation sites excluding steroid dienone is 2. The van der Waals surface area contributed by atoms with Gasteiger partial charge in [0.05, 0.1) is 25.8 Å². The summed E-state index contributed by atoms with van der Waals surface area (Å²) in [5, 5.41) is 1.56. The Kier molecular flexibility index (Phi) is 5.45. The molecule has 1 aliphatic carbocycles. The van der Waals surface area contributed by atoms with E-state index in [9.17, 15) is 9.59 Å². The smallest absolute Gasteiger partial charge is 0.232 e. The summed E-state index contributed by atoms with van der Waals surface area (Å²) in [6.45, 7) is 0. The number of rotatable bonds is 2. The summed E-state index contributed by atoms with van der Waals surface area (Å²) in [5.41, 5.74) is 2.67. The number of hydrogen-bond acceptors (Lipinski definition) is 2. The van der Waals surface area contributed by atoms with Crippen LogP contribution in [0.5, 0.6) is 0 Å². The Labute approximate surface area is 182 Å². The predicted molar refractivity (Wildman–Crippen MR) is 114 cm³/mol. The number of amides is 1. The van der Waals surface area contributed by atoms with Crippen molar-refractivity contribution in [3.05, 3.63) is 73.3 Å². The number of carbonyl (C=O) groups is 2. The van der Waals surface area contributed by atoms with Crippen molar-refractivity contribution in [2.24, 2.45) is 0 Å². The molecule has 2 aromatic carbocycles. The zero-order chi connectivity index (χ0) is 20.0. The van der Waals surface area contributed by atoms with E-state index in [-0.39, 0.29) is 18.1 Å². The first kappa shape index (κ1) is 19.8. The van der Waals surface area contributed by atoms with Gasteiger partial charge in [0.15, 0.2) is 5.78 Å². The Morgan fingerprint density at radius 1 is 0.893 bits per heavy atom. The van der Waals surface area contributed by atoms with Crippen LogP contribution in [-0.4, -0.2) is 11.7 Å². The molecular weight excluding hydrogens is 440 g/mol. The Hall–Kier alpha value is -1.52. The van der Waals surface area contributed by atoms with Crippen LogP contribution in [0.3, 0.4) is 0 Å². The molecule has 0 saturated carbocycles. The van der Waals surface area contributed by atoms with Crippen LogP contribution >= 0.6 is 46.4 Å². The quantitative estimate of drug-likeness (QED) is 0.498. The summed E-state index contributed by atoms with van der Waals surface area (Å²) in [6.07, 6.45) is 1.91. The molecule has 3 nitrogen and oxygen atoms in total. The first-order chi connectivity index (χ1) is 13.4. The van der Waals surface area contributed by atoms with Crippen molar-refractivity contribution >= 4 is 63.8 Å². The van der Waals surface area contributed by atoms with Crippen LogP contribution in [0.2, 0.25) is 20.1 Å². The van der Waals surface area contributed by atoms with Gasteiger partial charge < -0.3 is 0 Å². The monoisotopic (exact) mass is 453 g/mol. The maximum Gasteiger partial charge on any atom is 0.232 e. The molecule has 144 valence electrons. The minimum atomic E-state index is -0.402. The van der Waals surface area contributed by atoms with E-state index in [0.717, 1.165) is 0 Å². The number of carbonyl (C=O) groups excluding carboxylic acids is 2. The third kappa shape index (κ3) is 3.35. The van der Waals surface area contributed by atoms with Crippen molar-refractivity contribution < 1.29 is 9.59 Å². The molecule has 1 aliphatic heterocycles. The molecule has 0 N–H and O–H groups in total. The Balaban J connectivity index is 1.89. The van der Waals surface area contributed by atoms with Crippen LogP contribution < -0.4 is 4.90 Å². The summed E-state index contributed by atoms with van der Waals surface area (Å²) in [4.78, 5) is 27.7. The van der Waals surface area contributed by atoms with E-state index in [1.165, 1.54) is 0 Å². The number of halogens is 4. The third-order valence-corrected chi connectivity index (χ3v) is 6.77. The molecule has 0 fully saturated rings. The van der Waals surface area contributed by atoms with Gasteiger partial charge in [-0.25, -0.2) is 0 Å². The molecule has 0 saturated heterocycles. The van der Waals surface area contributed by atoms with Crippen LogP contribution in [0.15, 0.2) is 47.7 Å². The SMILES string of the molecule is O=C1CCCC2=C1C(c1cccc(Cl)c1Cl)CC(=O)N2c1ccc(Cl)c(Cl)c1. The van der Waals surface area contributed by atoms with E-state index < -0.39 is 5.92 Å².